The van der Waals surface area contributed by atoms with Crippen molar-refractivity contribution in [1.82, 2.24) is 5.32 Å². The number of nitrogens with one attached hydrogen (secondary N) is 1. The summed E-state index contributed by atoms with van der Waals surface area (Å²) in [4.78, 5) is 12.2. The van der Waals surface area contributed by atoms with E-state index >= 15 is 0 Å². The van der Waals surface area contributed by atoms with Gasteiger partial charge in [0.25, 0.3) is 5.91 Å². The minimum absolute atomic E-state index is 0.0337. The predicted molar refractivity (Wildman–Crippen MR) is 97.2 cm³/mol. The molecule has 130 valence electrons. The van der Waals surface area contributed by atoms with Crippen LogP contribution in [0, 0.1) is 0 Å². The van der Waals surface area contributed by atoms with Crippen LogP contribution in [0.1, 0.15) is 82.0 Å². The summed E-state index contributed by atoms with van der Waals surface area (Å²) in [5.74, 6) is 0.633. The molecule has 0 radical (unpaired) electrons. The van der Waals surface area contributed by atoms with E-state index in [9.17, 15) is 4.79 Å². The van der Waals surface area contributed by atoms with E-state index in [-0.39, 0.29) is 5.91 Å². The van der Waals surface area contributed by atoms with Gasteiger partial charge in [-0.1, -0.05) is 70.4 Å². The first-order chi connectivity index (χ1) is 11.3. The summed E-state index contributed by atoms with van der Waals surface area (Å²) in [6.45, 7) is 5.50. The number of unbranched alkanes of at least 4 members (excludes halogenated alkanes) is 8. The zero-order valence-corrected chi connectivity index (χ0v) is 14.9. The van der Waals surface area contributed by atoms with Crippen LogP contribution in [0.15, 0.2) is 24.3 Å². The van der Waals surface area contributed by atoms with Crippen LogP contribution in [0.5, 0.6) is 5.75 Å². The van der Waals surface area contributed by atoms with Crippen molar-refractivity contribution in [3.8, 4) is 5.75 Å². The van der Waals surface area contributed by atoms with Crippen LogP contribution < -0.4 is 10.1 Å². The maximum atomic E-state index is 12.2. The molecule has 1 aromatic rings. The number of benzene rings is 1. The maximum absolute atomic E-state index is 12.2. The number of hydrogen-bond acceptors (Lipinski definition) is 2. The van der Waals surface area contributed by atoms with Crippen molar-refractivity contribution in [2.45, 2.75) is 71.6 Å². The molecule has 1 amide bonds. The largest absolute Gasteiger partial charge is 0.493 e. The van der Waals surface area contributed by atoms with Crippen LogP contribution in [0.2, 0.25) is 0 Å². The highest BCUT2D eigenvalue weighted by atomic mass is 16.5. The van der Waals surface area contributed by atoms with Gasteiger partial charge in [0.1, 0.15) is 5.75 Å². The van der Waals surface area contributed by atoms with Gasteiger partial charge in [-0.05, 0) is 25.5 Å². The molecule has 23 heavy (non-hydrogen) atoms. The van der Waals surface area contributed by atoms with E-state index in [4.69, 9.17) is 4.74 Å². The molecule has 0 spiro atoms. The molecule has 0 fully saturated rings. The number of rotatable bonds is 13. The van der Waals surface area contributed by atoms with Gasteiger partial charge in [0.2, 0.25) is 0 Å². The van der Waals surface area contributed by atoms with Crippen LogP contribution in [0.25, 0.3) is 0 Å². The lowest BCUT2D eigenvalue weighted by Gasteiger charge is -2.10. The van der Waals surface area contributed by atoms with Gasteiger partial charge in [-0.15, -0.1) is 0 Å². The molecule has 0 atom stereocenters. The molecule has 3 heteroatoms. The van der Waals surface area contributed by atoms with Crippen LogP contribution in [-0.2, 0) is 0 Å². The summed E-state index contributed by atoms with van der Waals surface area (Å²) >= 11 is 0. The summed E-state index contributed by atoms with van der Waals surface area (Å²) < 4.78 is 5.50. The van der Waals surface area contributed by atoms with Crippen molar-refractivity contribution in [2.75, 3.05) is 13.2 Å². The smallest absolute Gasteiger partial charge is 0.255 e. The Balaban J connectivity index is 2.10. The minimum Gasteiger partial charge on any atom is -0.493 e. The molecule has 1 rings (SSSR count). The molecule has 0 aliphatic rings. The highest BCUT2D eigenvalue weighted by Crippen LogP contribution is 2.17. The van der Waals surface area contributed by atoms with Gasteiger partial charge in [-0.3, -0.25) is 4.79 Å². The lowest BCUT2D eigenvalue weighted by Crippen LogP contribution is -2.25. The van der Waals surface area contributed by atoms with Gasteiger partial charge < -0.3 is 10.1 Å². The van der Waals surface area contributed by atoms with Crippen LogP contribution >= 0.6 is 0 Å². The first kappa shape index (κ1) is 19.5. The normalized spacial score (nSPS) is 10.5. The van der Waals surface area contributed by atoms with Gasteiger partial charge in [-0.25, -0.2) is 0 Å². The standard InChI is InChI=1S/C20H33NO2/c1-3-5-6-7-8-9-10-11-14-17-21-20(22)18-15-12-13-16-19(18)23-4-2/h12-13,15-16H,3-11,14,17H2,1-2H3,(H,21,22). The number of carbonyl (C=O) groups excluding carboxylic acids is 1. The molecule has 0 aromatic heterocycles. The average Bonchev–Trinajstić information content (AvgIpc) is 2.57. The van der Waals surface area contributed by atoms with Crippen molar-refractivity contribution in [3.05, 3.63) is 29.8 Å². The zero-order chi connectivity index (χ0) is 16.8. The molecular weight excluding hydrogens is 286 g/mol. The van der Waals surface area contributed by atoms with Crippen LogP contribution in [0.3, 0.4) is 0 Å². The summed E-state index contributed by atoms with van der Waals surface area (Å²) in [6, 6.07) is 7.42. The number of carbonyl (C=O) groups is 1. The lowest BCUT2D eigenvalue weighted by molar-refractivity contribution is 0.0949. The fourth-order valence-electron chi connectivity index (χ4n) is 2.67. The second-order valence-corrected chi connectivity index (χ2v) is 6.01. The van der Waals surface area contributed by atoms with Gasteiger partial charge in [0, 0.05) is 6.54 Å². The Bertz CT molecular complexity index is 431. The SMILES string of the molecule is CCCCCCCCCCCNC(=O)c1ccccc1OCC. The van der Waals surface area contributed by atoms with Gasteiger partial charge in [0.15, 0.2) is 0 Å². The Morgan fingerprint density at radius 3 is 2.17 bits per heavy atom. The predicted octanol–water partition coefficient (Wildman–Crippen LogP) is 5.35. The molecular formula is C20H33NO2. The third kappa shape index (κ3) is 8.63. The summed E-state index contributed by atoms with van der Waals surface area (Å²) in [5, 5.41) is 3.00. The van der Waals surface area contributed by atoms with Crippen LogP contribution in [-0.4, -0.2) is 19.1 Å². The van der Waals surface area contributed by atoms with E-state index in [0.29, 0.717) is 17.9 Å². The number of hydrogen-bond donors (Lipinski definition) is 1. The molecule has 0 bridgehead atoms. The summed E-state index contributed by atoms with van der Waals surface area (Å²) in [7, 11) is 0. The van der Waals surface area contributed by atoms with Crippen molar-refractivity contribution >= 4 is 5.91 Å². The Labute approximate surface area is 141 Å². The molecule has 0 saturated carbocycles. The third-order valence-electron chi connectivity index (χ3n) is 4.00. The van der Waals surface area contributed by atoms with Crippen LogP contribution in [0.4, 0.5) is 0 Å². The van der Waals surface area contributed by atoms with Crippen molar-refractivity contribution in [2.24, 2.45) is 0 Å². The zero-order valence-electron chi connectivity index (χ0n) is 14.9. The Morgan fingerprint density at radius 2 is 1.52 bits per heavy atom. The third-order valence-corrected chi connectivity index (χ3v) is 4.00. The van der Waals surface area contributed by atoms with E-state index in [1.165, 1.54) is 51.4 Å². The van der Waals surface area contributed by atoms with E-state index in [0.717, 1.165) is 13.0 Å². The average molecular weight is 319 g/mol. The minimum atomic E-state index is -0.0337. The fraction of sp³-hybridized carbons (Fsp3) is 0.650. The topological polar surface area (TPSA) is 38.3 Å². The summed E-state index contributed by atoms with van der Waals surface area (Å²) in [6.07, 6.45) is 11.6. The first-order valence-electron chi connectivity index (χ1n) is 9.29. The lowest BCUT2D eigenvalue weighted by atomic mass is 10.1. The highest BCUT2D eigenvalue weighted by molar-refractivity contribution is 5.96. The van der Waals surface area contributed by atoms with Crippen molar-refractivity contribution < 1.29 is 9.53 Å². The van der Waals surface area contributed by atoms with E-state index < -0.39 is 0 Å². The first-order valence-corrected chi connectivity index (χ1v) is 9.29. The van der Waals surface area contributed by atoms with E-state index in [1.807, 2.05) is 31.2 Å². The molecule has 0 aliphatic carbocycles. The highest BCUT2D eigenvalue weighted by Gasteiger charge is 2.10. The molecule has 0 aliphatic heterocycles. The molecule has 0 unspecified atom stereocenters. The Morgan fingerprint density at radius 1 is 0.913 bits per heavy atom. The molecule has 0 saturated heterocycles. The second-order valence-electron chi connectivity index (χ2n) is 6.01. The van der Waals surface area contributed by atoms with Crippen molar-refractivity contribution in [1.29, 1.82) is 0 Å². The van der Waals surface area contributed by atoms with Gasteiger partial charge >= 0.3 is 0 Å². The molecule has 0 heterocycles. The number of para-hydroxylation sites is 1. The van der Waals surface area contributed by atoms with Gasteiger partial charge in [0.05, 0.1) is 12.2 Å². The number of amides is 1. The molecule has 1 aromatic carbocycles. The van der Waals surface area contributed by atoms with E-state index in [2.05, 4.69) is 12.2 Å². The molecule has 3 nitrogen and oxygen atoms in total. The molecule has 1 N–H and O–H groups in total. The fourth-order valence-corrected chi connectivity index (χ4v) is 2.67. The Hall–Kier alpha value is -1.51. The maximum Gasteiger partial charge on any atom is 0.255 e. The second kappa shape index (κ2) is 13.0. The quantitative estimate of drug-likeness (QED) is 0.498. The Kier molecular flexibility index (Phi) is 11.0. The summed E-state index contributed by atoms with van der Waals surface area (Å²) in [5.41, 5.74) is 0.630. The van der Waals surface area contributed by atoms with Gasteiger partial charge in [-0.2, -0.15) is 0 Å². The van der Waals surface area contributed by atoms with E-state index in [1.54, 1.807) is 0 Å². The van der Waals surface area contributed by atoms with Crippen molar-refractivity contribution in [3.63, 3.8) is 0 Å². The monoisotopic (exact) mass is 319 g/mol. The number of ether oxygens (including phenoxy) is 1.